The van der Waals surface area contributed by atoms with Gasteiger partial charge in [-0.2, -0.15) is 0 Å². The molecule has 0 bridgehead atoms. The average molecular weight is 429 g/mol. The number of esters is 2. The predicted octanol–water partition coefficient (Wildman–Crippen LogP) is 5.08. The highest BCUT2D eigenvalue weighted by Gasteiger charge is 2.39. The molecule has 0 aromatic heterocycles. The van der Waals surface area contributed by atoms with Crippen LogP contribution in [0.5, 0.6) is 0 Å². The summed E-state index contributed by atoms with van der Waals surface area (Å²) in [6.45, 7) is 19.3. The van der Waals surface area contributed by atoms with E-state index in [4.69, 9.17) is 18.3 Å². The first-order chi connectivity index (χ1) is 13.6. The van der Waals surface area contributed by atoms with E-state index in [9.17, 15) is 9.59 Å². The Morgan fingerprint density at radius 3 is 1.41 bits per heavy atom. The number of carbonyl (C=O) groups excluding carboxylic acids is 2. The summed E-state index contributed by atoms with van der Waals surface area (Å²) < 4.78 is 23.4. The van der Waals surface area contributed by atoms with Gasteiger partial charge < -0.3 is 18.3 Å². The van der Waals surface area contributed by atoms with Crippen molar-refractivity contribution in [3.05, 3.63) is 24.3 Å². The van der Waals surface area contributed by atoms with Gasteiger partial charge in [-0.05, 0) is 65.5 Å². The molecule has 0 rings (SSSR count). The molecule has 0 saturated heterocycles. The van der Waals surface area contributed by atoms with Crippen molar-refractivity contribution in [2.24, 2.45) is 0 Å². The van der Waals surface area contributed by atoms with E-state index in [0.29, 0.717) is 49.3 Å². The van der Waals surface area contributed by atoms with Crippen LogP contribution in [-0.2, 0) is 27.9 Å². The summed E-state index contributed by atoms with van der Waals surface area (Å²) in [4.78, 5) is 23.2. The number of hydrogen-bond acceptors (Lipinski definition) is 6. The first-order valence-corrected chi connectivity index (χ1v) is 12.8. The molecule has 0 aromatic carbocycles. The normalized spacial score (nSPS) is 13.4. The van der Waals surface area contributed by atoms with Gasteiger partial charge in [0.1, 0.15) is 0 Å². The van der Waals surface area contributed by atoms with Gasteiger partial charge in [0.2, 0.25) is 0 Å². The number of ether oxygens (including phenoxy) is 2. The van der Waals surface area contributed by atoms with E-state index in [1.807, 2.05) is 13.8 Å². The fraction of sp³-hybridized carbons (Fsp3) is 0.727. The zero-order valence-electron chi connectivity index (χ0n) is 19.2. The van der Waals surface area contributed by atoms with Crippen molar-refractivity contribution in [2.75, 3.05) is 13.2 Å². The van der Waals surface area contributed by atoms with Crippen LogP contribution in [0.25, 0.3) is 0 Å². The fourth-order valence-corrected chi connectivity index (χ4v) is 6.49. The molecule has 2 atom stereocenters. The Morgan fingerprint density at radius 1 is 0.793 bits per heavy atom. The van der Waals surface area contributed by atoms with Gasteiger partial charge in [-0.1, -0.05) is 27.0 Å². The topological polar surface area (TPSA) is 71.1 Å². The molecular weight excluding hydrogens is 388 g/mol. The SMILES string of the molecule is C=C(C)C(=O)OCCC[Si](CCCOC(=O)C(=C)C)(OC(C)CC)OC(C)CC. The lowest BCUT2D eigenvalue weighted by molar-refractivity contribution is -0.139. The molecule has 0 heterocycles. The van der Waals surface area contributed by atoms with E-state index in [-0.39, 0.29) is 24.1 Å². The minimum absolute atomic E-state index is 0.0710. The van der Waals surface area contributed by atoms with Gasteiger partial charge >= 0.3 is 20.5 Å². The third kappa shape index (κ3) is 12.0. The highest BCUT2D eigenvalue weighted by atomic mass is 28.4. The van der Waals surface area contributed by atoms with Gasteiger partial charge in [0.05, 0.1) is 13.2 Å². The van der Waals surface area contributed by atoms with Crippen LogP contribution in [0.1, 0.15) is 67.2 Å². The first kappa shape index (κ1) is 27.6. The predicted molar refractivity (Wildman–Crippen MR) is 118 cm³/mol. The van der Waals surface area contributed by atoms with E-state index < -0.39 is 8.56 Å². The zero-order chi connectivity index (χ0) is 22.4. The third-order valence-corrected chi connectivity index (χ3v) is 8.44. The quantitative estimate of drug-likeness (QED) is 0.148. The van der Waals surface area contributed by atoms with Crippen LogP contribution in [0.4, 0.5) is 0 Å². The number of hydrogen-bond donors (Lipinski definition) is 0. The van der Waals surface area contributed by atoms with Crippen LogP contribution < -0.4 is 0 Å². The van der Waals surface area contributed by atoms with E-state index in [1.54, 1.807) is 13.8 Å². The maximum absolute atomic E-state index is 11.6. The second-order valence-corrected chi connectivity index (χ2v) is 10.9. The van der Waals surface area contributed by atoms with Crippen LogP contribution in [0.15, 0.2) is 24.3 Å². The van der Waals surface area contributed by atoms with Crippen molar-refractivity contribution in [2.45, 2.75) is 91.5 Å². The van der Waals surface area contributed by atoms with Gasteiger partial charge in [0, 0.05) is 23.4 Å². The minimum Gasteiger partial charge on any atom is -0.462 e. The van der Waals surface area contributed by atoms with E-state index >= 15 is 0 Å². The third-order valence-electron chi connectivity index (χ3n) is 4.55. The molecule has 7 heteroatoms. The Balaban J connectivity index is 5.08. The van der Waals surface area contributed by atoms with E-state index in [2.05, 4.69) is 27.0 Å². The van der Waals surface area contributed by atoms with Gasteiger partial charge in [0.25, 0.3) is 0 Å². The van der Waals surface area contributed by atoms with Crippen molar-refractivity contribution in [3.8, 4) is 0 Å². The summed E-state index contributed by atoms with van der Waals surface area (Å²) >= 11 is 0. The monoisotopic (exact) mass is 428 g/mol. The Labute approximate surface area is 177 Å². The van der Waals surface area contributed by atoms with E-state index in [1.165, 1.54) is 0 Å². The van der Waals surface area contributed by atoms with Gasteiger partial charge in [-0.3, -0.25) is 0 Å². The molecule has 168 valence electrons. The second-order valence-electron chi connectivity index (χ2n) is 7.62. The Morgan fingerprint density at radius 2 is 1.14 bits per heavy atom. The Kier molecular flexibility index (Phi) is 13.8. The largest absolute Gasteiger partial charge is 0.462 e. The van der Waals surface area contributed by atoms with E-state index in [0.717, 1.165) is 12.8 Å². The van der Waals surface area contributed by atoms with Crippen molar-refractivity contribution in [3.63, 3.8) is 0 Å². The fourth-order valence-electron chi connectivity index (χ4n) is 2.55. The summed E-state index contributed by atoms with van der Waals surface area (Å²) in [7, 11) is -2.59. The highest BCUT2D eigenvalue weighted by molar-refractivity contribution is 6.67. The van der Waals surface area contributed by atoms with Gasteiger partial charge in [-0.15, -0.1) is 0 Å². The highest BCUT2D eigenvalue weighted by Crippen LogP contribution is 2.28. The summed E-state index contributed by atoms with van der Waals surface area (Å²) in [6.07, 6.45) is 3.22. The maximum Gasteiger partial charge on any atom is 0.338 e. The molecule has 0 radical (unpaired) electrons. The molecule has 0 aromatic rings. The second kappa shape index (κ2) is 14.5. The molecule has 0 amide bonds. The lowest BCUT2D eigenvalue weighted by Crippen LogP contribution is -2.47. The molecule has 6 nitrogen and oxygen atoms in total. The van der Waals surface area contributed by atoms with Crippen LogP contribution in [0, 0.1) is 0 Å². The molecule has 0 fully saturated rings. The molecule has 0 N–H and O–H groups in total. The van der Waals surface area contributed by atoms with Crippen molar-refractivity contribution >= 4 is 20.5 Å². The number of carbonyl (C=O) groups is 2. The smallest absolute Gasteiger partial charge is 0.338 e. The molecular formula is C22H40O6Si. The van der Waals surface area contributed by atoms with Crippen molar-refractivity contribution in [1.29, 1.82) is 0 Å². The van der Waals surface area contributed by atoms with Crippen LogP contribution >= 0.6 is 0 Å². The van der Waals surface area contributed by atoms with Crippen molar-refractivity contribution < 1.29 is 27.9 Å². The molecule has 0 spiro atoms. The minimum atomic E-state index is -2.59. The molecule has 0 aliphatic heterocycles. The summed E-state index contributed by atoms with van der Waals surface area (Å²) in [5, 5.41) is 0. The molecule has 0 aliphatic carbocycles. The van der Waals surface area contributed by atoms with Crippen LogP contribution in [0.3, 0.4) is 0 Å². The summed E-state index contributed by atoms with van der Waals surface area (Å²) in [5.74, 6) is -0.760. The van der Waals surface area contributed by atoms with Gasteiger partial charge in [0.15, 0.2) is 0 Å². The first-order valence-electron chi connectivity index (χ1n) is 10.6. The van der Waals surface area contributed by atoms with Crippen LogP contribution in [0.2, 0.25) is 12.1 Å². The molecule has 0 saturated carbocycles. The molecule has 29 heavy (non-hydrogen) atoms. The van der Waals surface area contributed by atoms with Gasteiger partial charge in [-0.25, -0.2) is 9.59 Å². The van der Waals surface area contributed by atoms with Crippen LogP contribution in [-0.4, -0.2) is 45.9 Å². The summed E-state index contributed by atoms with van der Waals surface area (Å²) in [5.41, 5.74) is 0.777. The Hall–Kier alpha value is -1.44. The van der Waals surface area contributed by atoms with Crippen molar-refractivity contribution in [1.82, 2.24) is 0 Å². The molecule has 0 aliphatic rings. The zero-order valence-corrected chi connectivity index (χ0v) is 20.2. The maximum atomic E-state index is 11.6. The standard InChI is InChI=1S/C22H40O6Si/c1-9-19(7)27-29(28-20(8)10-2,15-11-13-25-21(23)17(3)4)16-12-14-26-22(24)18(5)6/h19-20H,3,5,9-16H2,1-2,4,6-8H3. The summed E-state index contributed by atoms with van der Waals surface area (Å²) in [6, 6.07) is 1.42. The Bertz CT molecular complexity index is 497. The lowest BCUT2D eigenvalue weighted by Gasteiger charge is -2.36. The average Bonchev–Trinajstić information content (AvgIpc) is 2.67. The molecule has 2 unspecified atom stereocenters. The number of rotatable bonds is 16. The lowest BCUT2D eigenvalue weighted by atomic mass is 10.3.